The molecule has 1 aromatic carbocycles. The van der Waals surface area contributed by atoms with Gasteiger partial charge in [0.1, 0.15) is 0 Å². The van der Waals surface area contributed by atoms with Crippen molar-refractivity contribution >= 4 is 23.2 Å². The second kappa shape index (κ2) is 7.18. The topological polar surface area (TPSA) is 93.2 Å². The van der Waals surface area contributed by atoms with E-state index >= 15 is 0 Å². The van der Waals surface area contributed by atoms with Crippen molar-refractivity contribution in [3.63, 3.8) is 0 Å². The van der Waals surface area contributed by atoms with Crippen LogP contribution < -0.4 is 10.6 Å². The van der Waals surface area contributed by atoms with Gasteiger partial charge >= 0.3 is 0 Å². The maximum Gasteiger partial charge on any atom is 0.253 e. The van der Waals surface area contributed by atoms with Gasteiger partial charge in [0.15, 0.2) is 5.76 Å². The fraction of sp³-hybridized carbons (Fsp3) is 0.188. The summed E-state index contributed by atoms with van der Waals surface area (Å²) < 4.78 is 10.4. The zero-order valence-corrected chi connectivity index (χ0v) is 13.6. The third kappa shape index (κ3) is 3.57. The minimum absolute atomic E-state index is 0.182. The molecule has 0 bridgehead atoms. The lowest BCUT2D eigenvalue weighted by atomic mass is 10.1. The van der Waals surface area contributed by atoms with E-state index in [1.54, 1.807) is 30.3 Å². The monoisotopic (exact) mass is 346 g/mol. The molecule has 3 aromatic rings. The average molecular weight is 347 g/mol. The molecule has 0 aliphatic carbocycles. The lowest BCUT2D eigenvalue weighted by Crippen LogP contribution is -2.23. The number of benzene rings is 1. The molecule has 0 aliphatic rings. The van der Waals surface area contributed by atoms with Gasteiger partial charge < -0.3 is 19.6 Å². The molecule has 0 fully saturated rings. The molecule has 24 heavy (non-hydrogen) atoms. The van der Waals surface area contributed by atoms with Gasteiger partial charge in [0.05, 0.1) is 18.4 Å². The zero-order chi connectivity index (χ0) is 16.9. The summed E-state index contributed by atoms with van der Waals surface area (Å²) in [7, 11) is 0. The van der Waals surface area contributed by atoms with Crippen LogP contribution in [-0.2, 0) is 6.54 Å². The van der Waals surface area contributed by atoms with E-state index < -0.39 is 0 Å². The van der Waals surface area contributed by atoms with E-state index in [0.29, 0.717) is 40.3 Å². The van der Waals surface area contributed by atoms with Gasteiger partial charge in [-0.1, -0.05) is 16.8 Å². The van der Waals surface area contributed by atoms with Gasteiger partial charge in [-0.2, -0.15) is 4.98 Å². The van der Waals surface area contributed by atoms with E-state index in [9.17, 15) is 4.79 Å². The highest BCUT2D eigenvalue weighted by Gasteiger charge is 2.14. The lowest BCUT2D eigenvalue weighted by molar-refractivity contribution is 0.0956. The number of nitrogens with one attached hydrogen (secondary N) is 2. The molecule has 0 aliphatic heterocycles. The Morgan fingerprint density at radius 2 is 2.21 bits per heavy atom. The van der Waals surface area contributed by atoms with Crippen molar-refractivity contribution in [2.45, 2.75) is 13.5 Å². The largest absolute Gasteiger partial charge is 0.461 e. The van der Waals surface area contributed by atoms with Gasteiger partial charge in [-0.15, -0.1) is 0 Å². The number of carbonyl (C=O) groups is 1. The van der Waals surface area contributed by atoms with Crippen molar-refractivity contribution in [2.24, 2.45) is 0 Å². The van der Waals surface area contributed by atoms with Crippen molar-refractivity contribution in [3.05, 3.63) is 53.1 Å². The van der Waals surface area contributed by atoms with E-state index in [0.717, 1.165) is 0 Å². The Bertz CT molecular complexity index is 830. The number of hydrogen-bond acceptors (Lipinski definition) is 6. The summed E-state index contributed by atoms with van der Waals surface area (Å²) in [6.07, 6.45) is 1.54. The first kappa shape index (κ1) is 16.1. The first-order valence-corrected chi connectivity index (χ1v) is 7.73. The number of amides is 1. The summed E-state index contributed by atoms with van der Waals surface area (Å²) in [5, 5.41) is 10.2. The highest BCUT2D eigenvalue weighted by Crippen LogP contribution is 2.22. The number of halogens is 1. The molecule has 2 aromatic heterocycles. The van der Waals surface area contributed by atoms with E-state index in [2.05, 4.69) is 20.8 Å². The van der Waals surface area contributed by atoms with Gasteiger partial charge in [-0.05, 0) is 37.3 Å². The second-order valence-corrected chi connectivity index (χ2v) is 5.33. The van der Waals surface area contributed by atoms with Crippen molar-refractivity contribution < 1.29 is 13.7 Å². The molecule has 0 saturated heterocycles. The molecule has 0 saturated carbocycles. The van der Waals surface area contributed by atoms with Crippen LogP contribution in [0.1, 0.15) is 23.2 Å². The highest BCUT2D eigenvalue weighted by atomic mass is 35.5. The molecule has 124 valence electrons. The third-order valence-corrected chi connectivity index (χ3v) is 3.44. The summed E-state index contributed by atoms with van der Waals surface area (Å²) >= 11 is 6.02. The Labute approximate surface area is 143 Å². The molecule has 1 amide bonds. The lowest BCUT2D eigenvalue weighted by Gasteiger charge is -2.11. The van der Waals surface area contributed by atoms with Crippen LogP contribution in [0.2, 0.25) is 5.02 Å². The molecule has 2 N–H and O–H groups in total. The molecular formula is C16H15ClN4O3. The molecule has 8 heteroatoms. The average Bonchev–Trinajstić information content (AvgIpc) is 3.24. The predicted octanol–water partition coefficient (Wildman–Crippen LogP) is 3.34. The molecule has 0 spiro atoms. The SMILES string of the molecule is CCNC(=O)c1ccc(Cl)cc1NCc1nc(-c2ccco2)no1. The normalized spacial score (nSPS) is 10.6. The third-order valence-electron chi connectivity index (χ3n) is 3.20. The number of carbonyl (C=O) groups excluding carboxylic acids is 1. The molecule has 3 rings (SSSR count). The summed E-state index contributed by atoms with van der Waals surface area (Å²) in [5.41, 5.74) is 1.08. The van der Waals surface area contributed by atoms with Crippen LogP contribution in [0, 0.1) is 0 Å². The Balaban J connectivity index is 1.74. The van der Waals surface area contributed by atoms with Gasteiger partial charge in [0.25, 0.3) is 5.91 Å². The standard InChI is InChI=1S/C16H15ClN4O3/c1-2-18-16(22)11-6-5-10(17)8-12(11)19-9-14-20-15(21-24-14)13-4-3-7-23-13/h3-8,19H,2,9H2,1H3,(H,18,22). The Morgan fingerprint density at radius 1 is 1.33 bits per heavy atom. The number of aromatic nitrogens is 2. The number of anilines is 1. The maximum absolute atomic E-state index is 12.1. The summed E-state index contributed by atoms with van der Waals surface area (Å²) in [6, 6.07) is 8.49. The first-order chi connectivity index (χ1) is 11.7. The minimum atomic E-state index is -0.182. The van der Waals surface area contributed by atoms with Crippen LogP contribution in [0.15, 0.2) is 45.5 Å². The minimum Gasteiger partial charge on any atom is -0.461 e. The van der Waals surface area contributed by atoms with Crippen LogP contribution in [0.25, 0.3) is 11.6 Å². The van der Waals surface area contributed by atoms with Crippen LogP contribution >= 0.6 is 11.6 Å². The molecule has 2 heterocycles. The fourth-order valence-electron chi connectivity index (χ4n) is 2.12. The quantitative estimate of drug-likeness (QED) is 0.711. The predicted molar refractivity (Wildman–Crippen MR) is 88.8 cm³/mol. The van der Waals surface area contributed by atoms with Gasteiger partial charge in [0.2, 0.25) is 11.7 Å². The Morgan fingerprint density at radius 3 is 2.96 bits per heavy atom. The van der Waals surface area contributed by atoms with Gasteiger partial charge in [0, 0.05) is 17.3 Å². The van der Waals surface area contributed by atoms with Crippen LogP contribution in [0.5, 0.6) is 0 Å². The second-order valence-electron chi connectivity index (χ2n) is 4.89. The molecular weight excluding hydrogens is 332 g/mol. The molecule has 7 nitrogen and oxygen atoms in total. The molecule has 0 atom stereocenters. The summed E-state index contributed by atoms with van der Waals surface area (Å²) in [5.74, 6) is 1.07. The van der Waals surface area contributed by atoms with Crippen molar-refractivity contribution in [1.82, 2.24) is 15.5 Å². The number of nitrogens with zero attached hydrogens (tertiary/aromatic N) is 2. The maximum atomic E-state index is 12.1. The van der Waals surface area contributed by atoms with E-state index in [-0.39, 0.29) is 12.5 Å². The number of hydrogen-bond donors (Lipinski definition) is 2. The van der Waals surface area contributed by atoms with Crippen LogP contribution in [-0.4, -0.2) is 22.6 Å². The zero-order valence-electron chi connectivity index (χ0n) is 12.9. The van der Waals surface area contributed by atoms with Crippen molar-refractivity contribution in [1.29, 1.82) is 0 Å². The number of furan rings is 1. The Hall–Kier alpha value is -2.80. The van der Waals surface area contributed by atoms with Crippen molar-refractivity contribution in [3.8, 4) is 11.6 Å². The van der Waals surface area contributed by atoms with Crippen molar-refractivity contribution in [2.75, 3.05) is 11.9 Å². The van der Waals surface area contributed by atoms with E-state index in [1.807, 2.05) is 6.92 Å². The van der Waals surface area contributed by atoms with E-state index in [4.69, 9.17) is 20.5 Å². The number of rotatable bonds is 6. The molecule has 0 radical (unpaired) electrons. The Kier molecular flexibility index (Phi) is 4.81. The van der Waals surface area contributed by atoms with E-state index in [1.165, 1.54) is 6.26 Å². The van der Waals surface area contributed by atoms with Crippen LogP contribution in [0.4, 0.5) is 5.69 Å². The summed E-state index contributed by atoms with van der Waals surface area (Å²) in [4.78, 5) is 16.3. The van der Waals surface area contributed by atoms with Crippen LogP contribution in [0.3, 0.4) is 0 Å². The molecule has 0 unspecified atom stereocenters. The van der Waals surface area contributed by atoms with Gasteiger partial charge in [-0.3, -0.25) is 4.79 Å². The smallest absolute Gasteiger partial charge is 0.253 e. The fourth-order valence-corrected chi connectivity index (χ4v) is 2.29. The highest BCUT2D eigenvalue weighted by molar-refractivity contribution is 6.31. The summed E-state index contributed by atoms with van der Waals surface area (Å²) in [6.45, 7) is 2.65. The van der Waals surface area contributed by atoms with Gasteiger partial charge in [-0.25, -0.2) is 0 Å². The first-order valence-electron chi connectivity index (χ1n) is 7.35.